The second-order valence-corrected chi connectivity index (χ2v) is 11.8. The molecular formula is C29H33ClF3N9O5. The molecule has 0 bridgehead atoms. The van der Waals surface area contributed by atoms with Gasteiger partial charge in [-0.2, -0.15) is 18.3 Å². The number of rotatable bonds is 7. The van der Waals surface area contributed by atoms with E-state index in [9.17, 15) is 27.6 Å². The van der Waals surface area contributed by atoms with Gasteiger partial charge in [-0.3, -0.25) is 19.1 Å². The average Bonchev–Trinajstić information content (AvgIpc) is 3.63. The maximum atomic E-state index is 13.7. The van der Waals surface area contributed by atoms with Gasteiger partial charge in [-0.05, 0) is 31.0 Å². The van der Waals surface area contributed by atoms with Gasteiger partial charge in [0.05, 0.1) is 34.1 Å². The van der Waals surface area contributed by atoms with E-state index in [2.05, 4.69) is 26.0 Å². The van der Waals surface area contributed by atoms with Gasteiger partial charge in [0.1, 0.15) is 0 Å². The topological polar surface area (TPSA) is 167 Å². The number of nitrogens with one attached hydrogen (secondary N) is 3. The number of aromatic nitrogens is 4. The highest BCUT2D eigenvalue weighted by molar-refractivity contribution is 6.34. The number of imidazole rings is 1. The number of carbonyl (C=O) groups is 4. The Balaban J connectivity index is 0.00000139. The van der Waals surface area contributed by atoms with Gasteiger partial charge >= 0.3 is 12.2 Å². The molecule has 1 aliphatic carbocycles. The van der Waals surface area contributed by atoms with Crippen LogP contribution in [0.3, 0.4) is 0 Å². The van der Waals surface area contributed by atoms with Crippen LogP contribution in [-0.4, -0.2) is 104 Å². The number of hydrogen-bond acceptors (Lipinski definition) is 7. The van der Waals surface area contributed by atoms with Crippen LogP contribution in [0, 0.1) is 5.92 Å². The molecule has 1 aromatic carbocycles. The first-order valence-corrected chi connectivity index (χ1v) is 15.2. The molecular weight excluding hydrogens is 647 g/mol. The molecule has 252 valence electrons. The second kappa shape index (κ2) is 14.0. The summed E-state index contributed by atoms with van der Waals surface area (Å²) in [5.41, 5.74) is -0.565. The number of benzene rings is 1. The lowest BCUT2D eigenvalue weighted by molar-refractivity contribution is -0.141. The summed E-state index contributed by atoms with van der Waals surface area (Å²) >= 11 is 6.44. The van der Waals surface area contributed by atoms with E-state index in [1.54, 1.807) is 9.80 Å². The summed E-state index contributed by atoms with van der Waals surface area (Å²) in [6.07, 6.45) is -0.593. The SMILES string of the molecule is Cn1c(-c2cn(C3CC3)nc2C(F)(F)F)cnc1C(=O)Nc1ccc(C(=O)N2CCN(C(=O)NCC3CNC3)CC2)c(Cl)c1.O=CO. The predicted octanol–water partition coefficient (Wildman–Crippen LogP) is 2.93. The number of amides is 4. The van der Waals surface area contributed by atoms with E-state index in [1.807, 2.05) is 0 Å². The van der Waals surface area contributed by atoms with Gasteiger partial charge in [-0.1, -0.05) is 11.6 Å². The number of piperazine rings is 1. The van der Waals surface area contributed by atoms with Crippen molar-refractivity contribution in [3.05, 3.63) is 52.7 Å². The quantitative estimate of drug-likeness (QED) is 0.277. The molecule has 2 aromatic heterocycles. The molecule has 4 amide bonds. The normalized spacial score (nSPS) is 16.5. The molecule has 47 heavy (non-hydrogen) atoms. The lowest BCUT2D eigenvalue weighted by atomic mass is 10.0. The van der Waals surface area contributed by atoms with Gasteiger partial charge in [0.25, 0.3) is 18.3 Å². The number of alkyl halides is 3. The molecule has 18 heteroatoms. The van der Waals surface area contributed by atoms with Gasteiger partial charge < -0.3 is 35.4 Å². The first-order valence-electron chi connectivity index (χ1n) is 14.8. The minimum atomic E-state index is -4.67. The molecule has 0 atom stereocenters. The molecule has 0 spiro atoms. The Hall–Kier alpha value is -4.64. The number of hydrogen-bond donors (Lipinski definition) is 4. The zero-order chi connectivity index (χ0) is 33.9. The Bertz CT molecular complexity index is 1640. The van der Waals surface area contributed by atoms with E-state index < -0.39 is 17.8 Å². The van der Waals surface area contributed by atoms with Gasteiger partial charge in [0.15, 0.2) is 11.5 Å². The third kappa shape index (κ3) is 7.68. The van der Waals surface area contributed by atoms with Crippen LogP contribution in [0.5, 0.6) is 0 Å². The number of carboxylic acid groups (broad SMARTS) is 1. The number of urea groups is 1. The minimum Gasteiger partial charge on any atom is -0.483 e. The third-order valence-electron chi connectivity index (χ3n) is 8.11. The highest BCUT2D eigenvalue weighted by Crippen LogP contribution is 2.41. The zero-order valence-corrected chi connectivity index (χ0v) is 26.0. The molecule has 0 unspecified atom stereocenters. The van der Waals surface area contributed by atoms with Crippen molar-refractivity contribution in [3.8, 4) is 11.3 Å². The predicted molar refractivity (Wildman–Crippen MR) is 163 cm³/mol. The van der Waals surface area contributed by atoms with Gasteiger partial charge in [-0.15, -0.1) is 0 Å². The first kappa shape index (κ1) is 33.7. The molecule has 4 heterocycles. The summed E-state index contributed by atoms with van der Waals surface area (Å²) < 4.78 is 43.8. The molecule has 2 aliphatic heterocycles. The lowest BCUT2D eigenvalue weighted by Crippen LogP contribution is -2.55. The highest BCUT2D eigenvalue weighted by Gasteiger charge is 2.40. The fourth-order valence-corrected chi connectivity index (χ4v) is 5.52. The van der Waals surface area contributed by atoms with E-state index in [4.69, 9.17) is 21.5 Å². The van der Waals surface area contributed by atoms with Crippen molar-refractivity contribution in [1.29, 1.82) is 0 Å². The van der Waals surface area contributed by atoms with Gasteiger partial charge in [-0.25, -0.2) is 9.78 Å². The molecule has 0 radical (unpaired) electrons. The fourth-order valence-electron chi connectivity index (χ4n) is 5.26. The van der Waals surface area contributed by atoms with Crippen molar-refractivity contribution in [2.45, 2.75) is 25.1 Å². The van der Waals surface area contributed by atoms with Crippen LogP contribution in [0.25, 0.3) is 11.3 Å². The second-order valence-electron chi connectivity index (χ2n) is 11.4. The van der Waals surface area contributed by atoms with Crippen LogP contribution in [-0.2, 0) is 18.0 Å². The number of carbonyl (C=O) groups excluding carboxylic acids is 3. The Morgan fingerprint density at radius 2 is 1.79 bits per heavy atom. The molecule has 1 saturated carbocycles. The van der Waals surface area contributed by atoms with Crippen molar-refractivity contribution in [3.63, 3.8) is 0 Å². The highest BCUT2D eigenvalue weighted by atomic mass is 35.5. The van der Waals surface area contributed by atoms with Crippen molar-refractivity contribution in [2.75, 3.05) is 51.1 Å². The molecule has 6 rings (SSSR count). The van der Waals surface area contributed by atoms with E-state index in [0.717, 1.165) is 25.9 Å². The van der Waals surface area contributed by atoms with E-state index in [1.165, 1.54) is 46.9 Å². The van der Waals surface area contributed by atoms with Crippen LogP contribution in [0.2, 0.25) is 5.02 Å². The molecule has 3 aromatic rings. The monoisotopic (exact) mass is 679 g/mol. The summed E-state index contributed by atoms with van der Waals surface area (Å²) in [6.45, 7) is 3.65. The Morgan fingerprint density at radius 1 is 1.13 bits per heavy atom. The van der Waals surface area contributed by atoms with Crippen LogP contribution >= 0.6 is 11.6 Å². The van der Waals surface area contributed by atoms with E-state index >= 15 is 0 Å². The fraction of sp³-hybridized carbons (Fsp3) is 0.448. The van der Waals surface area contributed by atoms with Crippen LogP contribution in [0.1, 0.15) is 45.6 Å². The van der Waals surface area contributed by atoms with E-state index in [0.29, 0.717) is 38.6 Å². The smallest absolute Gasteiger partial charge is 0.435 e. The van der Waals surface area contributed by atoms with Crippen molar-refractivity contribution in [2.24, 2.45) is 13.0 Å². The average molecular weight is 680 g/mol. The minimum absolute atomic E-state index is 0.0593. The summed E-state index contributed by atoms with van der Waals surface area (Å²) in [5.74, 6) is -0.628. The number of nitrogens with zero attached hydrogens (tertiary/aromatic N) is 6. The molecule has 14 nitrogen and oxygen atoms in total. The van der Waals surface area contributed by atoms with E-state index in [-0.39, 0.29) is 57.8 Å². The van der Waals surface area contributed by atoms with Crippen molar-refractivity contribution < 1.29 is 37.5 Å². The Labute approximate surface area is 271 Å². The summed E-state index contributed by atoms with van der Waals surface area (Å²) in [6, 6.07) is 4.24. The zero-order valence-electron chi connectivity index (χ0n) is 25.3. The molecule has 4 N–H and O–H groups in total. The summed E-state index contributed by atoms with van der Waals surface area (Å²) in [5, 5.41) is 19.5. The van der Waals surface area contributed by atoms with Crippen molar-refractivity contribution >= 4 is 41.6 Å². The largest absolute Gasteiger partial charge is 0.483 e. The maximum absolute atomic E-state index is 13.7. The maximum Gasteiger partial charge on any atom is 0.435 e. The third-order valence-corrected chi connectivity index (χ3v) is 8.42. The van der Waals surface area contributed by atoms with Gasteiger partial charge in [0.2, 0.25) is 0 Å². The van der Waals surface area contributed by atoms with Crippen LogP contribution < -0.4 is 16.0 Å². The van der Waals surface area contributed by atoms with Gasteiger partial charge in [0, 0.05) is 70.7 Å². The standard InChI is InChI=1S/C28H31ClF3N9O3.CH2O2/c1-38-22(20-15-41(18-3-4-18)37-23(20)28(30,31)32)14-34-24(38)25(42)36-17-2-5-19(21(29)10-17)26(43)39-6-8-40(9-7-39)27(44)35-13-16-11-33-12-16;2-1-3/h2,5,10,14-16,18,33H,3-4,6-9,11-13H2,1H3,(H,35,44)(H,36,42);1H,(H,2,3). The number of halogens is 4. The summed E-state index contributed by atoms with van der Waals surface area (Å²) in [4.78, 5) is 54.4. The first-order chi connectivity index (χ1) is 22.4. The van der Waals surface area contributed by atoms with Crippen LogP contribution in [0.15, 0.2) is 30.6 Å². The lowest BCUT2D eigenvalue weighted by Gasteiger charge is -2.35. The van der Waals surface area contributed by atoms with Crippen LogP contribution in [0.4, 0.5) is 23.7 Å². The number of anilines is 1. The molecule has 3 aliphatic rings. The Kier molecular flexibility index (Phi) is 10.0. The van der Waals surface area contributed by atoms with Crippen molar-refractivity contribution in [1.82, 2.24) is 39.8 Å². The summed E-state index contributed by atoms with van der Waals surface area (Å²) in [7, 11) is 1.45. The molecule has 3 fully saturated rings. The molecule has 2 saturated heterocycles. The Morgan fingerprint density at radius 3 is 2.36 bits per heavy atom.